The van der Waals surface area contributed by atoms with Crippen molar-refractivity contribution in [2.45, 2.75) is 36.4 Å². The molecular weight excluding hydrogens is 323 g/mol. The van der Waals surface area contributed by atoms with Crippen LogP contribution in [0, 0.1) is 0 Å². The van der Waals surface area contributed by atoms with Crippen LogP contribution in [0.3, 0.4) is 0 Å². The predicted molar refractivity (Wildman–Crippen MR) is 70.8 cm³/mol. The fourth-order valence-corrected chi connectivity index (χ4v) is 4.07. The number of hydrogen-bond donors (Lipinski definition) is 1. The molecule has 1 saturated heterocycles. The molecule has 1 aliphatic rings. The van der Waals surface area contributed by atoms with Crippen molar-refractivity contribution in [2.75, 3.05) is 6.54 Å². The van der Waals surface area contributed by atoms with Crippen LogP contribution in [-0.2, 0) is 21.2 Å². The summed E-state index contributed by atoms with van der Waals surface area (Å²) in [5.41, 5.74) is -0.0531. The monoisotopic (exact) mass is 337 g/mol. The van der Waals surface area contributed by atoms with Crippen molar-refractivity contribution in [3.8, 4) is 0 Å². The van der Waals surface area contributed by atoms with Crippen LogP contribution < -0.4 is 0 Å². The molecule has 1 N–H and O–H groups in total. The highest BCUT2D eigenvalue weighted by molar-refractivity contribution is 7.89. The van der Waals surface area contributed by atoms with Crippen molar-refractivity contribution in [1.82, 2.24) is 4.31 Å². The molecular formula is C13H14F3NO4S. The molecule has 1 aromatic carbocycles. The van der Waals surface area contributed by atoms with Crippen molar-refractivity contribution in [2.24, 2.45) is 0 Å². The Morgan fingerprint density at radius 2 is 1.86 bits per heavy atom. The zero-order valence-electron chi connectivity index (χ0n) is 11.4. The Morgan fingerprint density at radius 1 is 1.27 bits per heavy atom. The molecule has 0 amide bonds. The quantitative estimate of drug-likeness (QED) is 0.912. The van der Waals surface area contributed by atoms with Gasteiger partial charge in [0.25, 0.3) is 0 Å². The summed E-state index contributed by atoms with van der Waals surface area (Å²) in [5, 5.41) is 9.03. The summed E-state index contributed by atoms with van der Waals surface area (Å²) < 4.78 is 62.5. The number of alkyl halides is 3. The second-order valence-corrected chi connectivity index (χ2v) is 6.94. The molecule has 0 radical (unpaired) electrons. The van der Waals surface area contributed by atoms with E-state index in [4.69, 9.17) is 5.11 Å². The van der Waals surface area contributed by atoms with E-state index in [1.165, 1.54) is 0 Å². The van der Waals surface area contributed by atoms with E-state index in [0.29, 0.717) is 6.42 Å². The van der Waals surface area contributed by atoms with E-state index in [9.17, 15) is 26.4 Å². The van der Waals surface area contributed by atoms with Gasteiger partial charge in [-0.1, -0.05) is 12.1 Å². The van der Waals surface area contributed by atoms with E-state index in [1.807, 2.05) is 0 Å². The van der Waals surface area contributed by atoms with E-state index in [0.717, 1.165) is 28.6 Å². The fraction of sp³-hybridized carbons (Fsp3) is 0.462. The molecule has 9 heteroatoms. The average molecular weight is 337 g/mol. The Morgan fingerprint density at radius 3 is 2.36 bits per heavy atom. The minimum Gasteiger partial charge on any atom is -0.480 e. The number of carbonyl (C=O) groups is 1. The molecule has 22 heavy (non-hydrogen) atoms. The lowest BCUT2D eigenvalue weighted by molar-refractivity contribution is -0.140. The zero-order chi connectivity index (χ0) is 16.5. The molecule has 0 bridgehead atoms. The highest BCUT2D eigenvalue weighted by atomic mass is 32.2. The molecule has 0 saturated carbocycles. The van der Waals surface area contributed by atoms with Crippen molar-refractivity contribution in [3.63, 3.8) is 0 Å². The summed E-state index contributed by atoms with van der Waals surface area (Å²) >= 11 is 0. The molecule has 1 aliphatic heterocycles. The Bertz CT molecular complexity index is 655. The molecule has 122 valence electrons. The highest BCUT2D eigenvalue weighted by Crippen LogP contribution is 2.27. The van der Waals surface area contributed by atoms with E-state index >= 15 is 0 Å². The maximum atomic E-state index is 12.4. The number of rotatable bonds is 4. The summed E-state index contributed by atoms with van der Waals surface area (Å²) in [7, 11) is -4.02. The van der Waals surface area contributed by atoms with Crippen LogP contribution >= 0.6 is 0 Å². The summed E-state index contributed by atoms with van der Waals surface area (Å²) in [5.74, 6) is -1.23. The molecule has 1 aromatic rings. The second-order valence-electron chi connectivity index (χ2n) is 5.05. The Labute approximate surface area is 125 Å². The summed E-state index contributed by atoms with van der Waals surface area (Å²) in [4.78, 5) is 10.9. The van der Waals surface area contributed by atoms with Gasteiger partial charge in [0.1, 0.15) is 6.04 Å². The maximum absolute atomic E-state index is 12.4. The van der Waals surface area contributed by atoms with E-state index < -0.39 is 34.6 Å². The van der Waals surface area contributed by atoms with Crippen LogP contribution in [0.2, 0.25) is 0 Å². The van der Waals surface area contributed by atoms with Gasteiger partial charge < -0.3 is 5.11 Å². The topological polar surface area (TPSA) is 74.7 Å². The number of sulfonamides is 1. The second kappa shape index (κ2) is 5.88. The first-order valence-electron chi connectivity index (χ1n) is 6.51. The molecule has 5 nitrogen and oxygen atoms in total. The van der Waals surface area contributed by atoms with Gasteiger partial charge in [0, 0.05) is 6.54 Å². The number of carboxylic acids is 1. The number of nitrogens with zero attached hydrogens (tertiary/aromatic N) is 1. The van der Waals surface area contributed by atoms with Gasteiger partial charge in [-0.3, -0.25) is 4.79 Å². The lowest BCUT2D eigenvalue weighted by Crippen LogP contribution is -2.40. The van der Waals surface area contributed by atoms with Gasteiger partial charge in [0.05, 0.1) is 11.3 Å². The Hall–Kier alpha value is -1.61. The van der Waals surface area contributed by atoms with Gasteiger partial charge >= 0.3 is 12.1 Å². The lowest BCUT2D eigenvalue weighted by atomic mass is 10.1. The fourth-order valence-electron chi connectivity index (χ4n) is 2.42. The van der Waals surface area contributed by atoms with Crippen LogP contribution in [0.25, 0.3) is 0 Å². The van der Waals surface area contributed by atoms with Gasteiger partial charge in [-0.2, -0.15) is 17.5 Å². The zero-order valence-corrected chi connectivity index (χ0v) is 12.2. The largest absolute Gasteiger partial charge is 0.480 e. The molecule has 1 atom stereocenters. The molecule has 0 spiro atoms. The lowest BCUT2D eigenvalue weighted by Gasteiger charge is -2.21. The first-order chi connectivity index (χ1) is 10.1. The van der Waals surface area contributed by atoms with Crippen molar-refractivity contribution < 1.29 is 31.5 Å². The van der Waals surface area contributed by atoms with Crippen LogP contribution in [0.1, 0.15) is 18.4 Å². The smallest absolute Gasteiger partial charge is 0.393 e. The minimum atomic E-state index is -4.37. The van der Waals surface area contributed by atoms with Crippen LogP contribution in [0.5, 0.6) is 0 Å². The molecule has 2 rings (SSSR count). The standard InChI is InChI=1S/C13H14F3NO4S/c14-13(15,16)8-9-3-5-10(6-4-9)22(20,21)17-7-1-2-11(17)12(18)19/h3-6,11H,1-2,7-8H2,(H,18,19)/t11-/m1/s1. The van der Waals surface area contributed by atoms with Crippen LogP contribution in [0.4, 0.5) is 13.2 Å². The summed E-state index contributed by atoms with van der Waals surface area (Å²) in [6.45, 7) is 0.0869. The first-order valence-corrected chi connectivity index (χ1v) is 7.95. The maximum Gasteiger partial charge on any atom is 0.393 e. The summed E-state index contributed by atoms with van der Waals surface area (Å²) in [6.07, 6.45) is -4.86. The van der Waals surface area contributed by atoms with E-state index in [-0.39, 0.29) is 23.4 Å². The highest BCUT2D eigenvalue weighted by Gasteiger charge is 2.39. The van der Waals surface area contributed by atoms with Crippen LogP contribution in [0.15, 0.2) is 29.2 Å². The molecule has 0 aliphatic carbocycles. The number of halogens is 3. The number of hydrogen-bond acceptors (Lipinski definition) is 3. The van der Waals surface area contributed by atoms with E-state index in [1.54, 1.807) is 0 Å². The molecule has 1 heterocycles. The normalized spacial score (nSPS) is 20.2. The van der Waals surface area contributed by atoms with Gasteiger partial charge in [-0.05, 0) is 30.5 Å². The average Bonchev–Trinajstić information content (AvgIpc) is 2.87. The minimum absolute atomic E-state index is 0.0531. The van der Waals surface area contributed by atoms with Gasteiger partial charge in [-0.25, -0.2) is 8.42 Å². The van der Waals surface area contributed by atoms with Gasteiger partial charge in [-0.15, -0.1) is 0 Å². The number of benzene rings is 1. The van der Waals surface area contributed by atoms with Crippen LogP contribution in [-0.4, -0.2) is 42.6 Å². The number of carboxylic acid groups (broad SMARTS) is 1. The van der Waals surface area contributed by atoms with Gasteiger partial charge in [0.15, 0.2) is 0 Å². The molecule has 1 fully saturated rings. The van der Waals surface area contributed by atoms with Crippen molar-refractivity contribution in [3.05, 3.63) is 29.8 Å². The Kier molecular flexibility index (Phi) is 4.48. The third-order valence-corrected chi connectivity index (χ3v) is 5.35. The Balaban J connectivity index is 2.25. The van der Waals surface area contributed by atoms with Crippen molar-refractivity contribution >= 4 is 16.0 Å². The first kappa shape index (κ1) is 16.8. The van der Waals surface area contributed by atoms with Gasteiger partial charge in [0.2, 0.25) is 10.0 Å². The third-order valence-electron chi connectivity index (χ3n) is 3.42. The SMILES string of the molecule is O=C(O)[C@H]1CCCN1S(=O)(=O)c1ccc(CC(F)(F)F)cc1. The van der Waals surface area contributed by atoms with Crippen molar-refractivity contribution in [1.29, 1.82) is 0 Å². The predicted octanol–water partition coefficient (Wildman–Crippen LogP) is 2.03. The molecule has 0 aromatic heterocycles. The molecule has 0 unspecified atom stereocenters. The summed E-state index contributed by atoms with van der Waals surface area (Å²) in [6, 6.07) is 3.21. The third kappa shape index (κ3) is 3.58. The number of aliphatic carboxylic acids is 1. The van der Waals surface area contributed by atoms with E-state index in [2.05, 4.69) is 0 Å².